The first-order valence-corrected chi connectivity index (χ1v) is 7.73. The Balaban J connectivity index is 2.00. The molecule has 1 heterocycles. The summed E-state index contributed by atoms with van der Waals surface area (Å²) in [5.74, 6) is 0. The maximum Gasteiger partial charge on any atom is 0.0969 e. The summed E-state index contributed by atoms with van der Waals surface area (Å²) < 4.78 is 1.84. The highest BCUT2D eigenvalue weighted by Gasteiger charge is 2.10. The van der Waals surface area contributed by atoms with Gasteiger partial charge in [-0.1, -0.05) is 30.7 Å². The third kappa shape index (κ3) is 4.97. The number of nitrogens with zero attached hydrogens (tertiary/aromatic N) is 3. The van der Waals surface area contributed by atoms with E-state index >= 15 is 0 Å². The molecule has 0 radical (unpaired) electrons. The second-order valence-corrected chi connectivity index (χ2v) is 6.53. The van der Waals surface area contributed by atoms with Gasteiger partial charge in [0.25, 0.3) is 0 Å². The molecule has 0 saturated heterocycles. The van der Waals surface area contributed by atoms with Crippen LogP contribution in [0.4, 0.5) is 0 Å². The first-order chi connectivity index (χ1) is 9.98. The summed E-state index contributed by atoms with van der Waals surface area (Å²) >= 11 is 0. The lowest BCUT2D eigenvalue weighted by Gasteiger charge is -2.19. The van der Waals surface area contributed by atoms with Gasteiger partial charge in [0.05, 0.1) is 17.6 Å². The Morgan fingerprint density at radius 3 is 2.48 bits per heavy atom. The normalized spacial score (nSPS) is 11.8. The minimum atomic E-state index is 0.0880. The summed E-state index contributed by atoms with van der Waals surface area (Å²) in [7, 11) is 0. The highest BCUT2D eigenvalue weighted by Crippen LogP contribution is 2.11. The van der Waals surface area contributed by atoms with E-state index in [1.54, 1.807) is 0 Å². The predicted molar refractivity (Wildman–Crippen MR) is 86.6 cm³/mol. The Kier molecular flexibility index (Phi) is 5.12. The number of hydrogen-bond acceptors (Lipinski definition) is 3. The summed E-state index contributed by atoms with van der Waals surface area (Å²) in [6.45, 7) is 9.39. The summed E-state index contributed by atoms with van der Waals surface area (Å²) in [5, 5.41) is 11.8. The van der Waals surface area contributed by atoms with Crippen LogP contribution < -0.4 is 5.32 Å². The third-order valence-electron chi connectivity index (χ3n) is 3.36. The zero-order valence-electron chi connectivity index (χ0n) is 13.6. The maximum atomic E-state index is 4.22. The standard InChI is InChI=1S/C17H26N4/c1-5-6-7-14-8-10-16(11-9-14)21-13-15(19-20-21)12-18-17(2,3)4/h8-11,13,18H,5-7,12H2,1-4H3. The van der Waals surface area contributed by atoms with Crippen LogP contribution in [-0.4, -0.2) is 20.5 Å². The first-order valence-electron chi connectivity index (χ1n) is 7.73. The van der Waals surface area contributed by atoms with Crippen LogP contribution >= 0.6 is 0 Å². The van der Waals surface area contributed by atoms with Crippen molar-refractivity contribution in [3.05, 3.63) is 41.7 Å². The molecule has 0 atom stereocenters. The van der Waals surface area contributed by atoms with Crippen LogP contribution in [-0.2, 0) is 13.0 Å². The number of benzene rings is 1. The molecule has 1 N–H and O–H groups in total. The van der Waals surface area contributed by atoms with Crippen molar-refractivity contribution < 1.29 is 0 Å². The minimum Gasteiger partial charge on any atom is -0.306 e. The molecular formula is C17H26N4. The van der Waals surface area contributed by atoms with Crippen molar-refractivity contribution in [2.24, 2.45) is 0 Å². The fourth-order valence-electron chi connectivity index (χ4n) is 2.06. The van der Waals surface area contributed by atoms with Gasteiger partial charge in [0.1, 0.15) is 0 Å². The number of nitrogens with one attached hydrogen (secondary N) is 1. The number of aromatic nitrogens is 3. The van der Waals surface area contributed by atoms with Gasteiger partial charge in [0.15, 0.2) is 0 Å². The number of rotatable bonds is 6. The van der Waals surface area contributed by atoms with Gasteiger partial charge >= 0.3 is 0 Å². The number of hydrogen-bond donors (Lipinski definition) is 1. The molecule has 1 aromatic carbocycles. The molecule has 0 spiro atoms. The maximum absolute atomic E-state index is 4.22. The fourth-order valence-corrected chi connectivity index (χ4v) is 2.06. The lowest BCUT2D eigenvalue weighted by molar-refractivity contribution is 0.421. The predicted octanol–water partition coefficient (Wildman–Crippen LogP) is 3.50. The van der Waals surface area contributed by atoms with Gasteiger partial charge in [-0.05, 0) is 51.3 Å². The second-order valence-electron chi connectivity index (χ2n) is 6.53. The molecule has 0 saturated carbocycles. The van der Waals surface area contributed by atoms with Gasteiger partial charge in [-0.25, -0.2) is 4.68 Å². The summed E-state index contributed by atoms with van der Waals surface area (Å²) in [5.41, 5.74) is 3.49. The average molecular weight is 286 g/mol. The second kappa shape index (κ2) is 6.85. The Hall–Kier alpha value is -1.68. The van der Waals surface area contributed by atoms with Gasteiger partial charge in [0, 0.05) is 12.1 Å². The molecule has 0 unspecified atom stereocenters. The van der Waals surface area contributed by atoms with Gasteiger partial charge in [-0.2, -0.15) is 0 Å². The van der Waals surface area contributed by atoms with Crippen molar-refractivity contribution in [2.75, 3.05) is 0 Å². The van der Waals surface area contributed by atoms with Crippen molar-refractivity contribution in [1.82, 2.24) is 20.3 Å². The average Bonchev–Trinajstić information content (AvgIpc) is 2.92. The lowest BCUT2D eigenvalue weighted by atomic mass is 10.1. The molecule has 2 aromatic rings. The Labute approximate surface area is 127 Å². The van der Waals surface area contributed by atoms with Gasteiger partial charge in [0.2, 0.25) is 0 Å². The van der Waals surface area contributed by atoms with Crippen LogP contribution in [0, 0.1) is 0 Å². The minimum absolute atomic E-state index is 0.0880. The number of unbranched alkanes of at least 4 members (excludes halogenated alkanes) is 1. The molecular weight excluding hydrogens is 260 g/mol. The summed E-state index contributed by atoms with van der Waals surface area (Å²) in [6, 6.07) is 8.58. The zero-order chi connectivity index (χ0) is 15.3. The highest BCUT2D eigenvalue weighted by molar-refractivity contribution is 5.33. The van der Waals surface area contributed by atoms with Crippen molar-refractivity contribution >= 4 is 0 Å². The molecule has 0 aliphatic heterocycles. The van der Waals surface area contributed by atoms with E-state index in [2.05, 4.69) is 67.6 Å². The van der Waals surface area contributed by atoms with E-state index in [0.29, 0.717) is 0 Å². The van der Waals surface area contributed by atoms with E-state index in [0.717, 1.165) is 24.3 Å². The fraction of sp³-hybridized carbons (Fsp3) is 0.529. The molecule has 0 fully saturated rings. The molecule has 2 rings (SSSR count). The van der Waals surface area contributed by atoms with Crippen LogP contribution in [0.25, 0.3) is 5.69 Å². The molecule has 114 valence electrons. The monoisotopic (exact) mass is 286 g/mol. The molecule has 4 nitrogen and oxygen atoms in total. The smallest absolute Gasteiger partial charge is 0.0969 e. The summed E-state index contributed by atoms with van der Waals surface area (Å²) in [6.07, 6.45) is 5.61. The van der Waals surface area contributed by atoms with E-state index in [1.165, 1.54) is 18.4 Å². The largest absolute Gasteiger partial charge is 0.306 e. The Morgan fingerprint density at radius 1 is 1.14 bits per heavy atom. The molecule has 21 heavy (non-hydrogen) atoms. The van der Waals surface area contributed by atoms with Gasteiger partial charge < -0.3 is 5.32 Å². The topological polar surface area (TPSA) is 42.7 Å². The Morgan fingerprint density at radius 2 is 1.86 bits per heavy atom. The third-order valence-corrected chi connectivity index (χ3v) is 3.36. The van der Waals surface area contributed by atoms with E-state index in [4.69, 9.17) is 0 Å². The van der Waals surface area contributed by atoms with Crippen LogP contribution in [0.2, 0.25) is 0 Å². The molecule has 0 amide bonds. The molecule has 0 aliphatic carbocycles. The van der Waals surface area contributed by atoms with Gasteiger partial charge in [-0.3, -0.25) is 0 Å². The SMILES string of the molecule is CCCCc1ccc(-n2cc(CNC(C)(C)C)nn2)cc1. The van der Waals surface area contributed by atoms with Crippen LogP contribution in [0.3, 0.4) is 0 Å². The van der Waals surface area contributed by atoms with E-state index in [-0.39, 0.29) is 5.54 Å². The molecule has 0 aliphatic rings. The molecule has 4 heteroatoms. The summed E-state index contributed by atoms with van der Waals surface area (Å²) in [4.78, 5) is 0. The lowest BCUT2D eigenvalue weighted by Crippen LogP contribution is -2.35. The zero-order valence-corrected chi connectivity index (χ0v) is 13.6. The Bertz CT molecular complexity index is 549. The van der Waals surface area contributed by atoms with Crippen LogP contribution in [0.15, 0.2) is 30.5 Å². The van der Waals surface area contributed by atoms with Crippen LogP contribution in [0.5, 0.6) is 0 Å². The van der Waals surface area contributed by atoms with Crippen LogP contribution in [0.1, 0.15) is 51.8 Å². The molecule has 1 aromatic heterocycles. The van der Waals surface area contributed by atoms with Crippen molar-refractivity contribution in [2.45, 2.75) is 59.0 Å². The van der Waals surface area contributed by atoms with Crippen molar-refractivity contribution in [1.29, 1.82) is 0 Å². The van der Waals surface area contributed by atoms with E-state index in [1.807, 2.05) is 10.9 Å². The molecule has 0 bridgehead atoms. The highest BCUT2D eigenvalue weighted by atomic mass is 15.4. The number of aryl methyl sites for hydroxylation is 1. The van der Waals surface area contributed by atoms with Crippen molar-refractivity contribution in [3.8, 4) is 5.69 Å². The van der Waals surface area contributed by atoms with E-state index in [9.17, 15) is 0 Å². The quantitative estimate of drug-likeness (QED) is 0.884. The van der Waals surface area contributed by atoms with E-state index < -0.39 is 0 Å². The first kappa shape index (κ1) is 15.7. The van der Waals surface area contributed by atoms with Gasteiger partial charge in [-0.15, -0.1) is 5.10 Å². The van der Waals surface area contributed by atoms with Crippen molar-refractivity contribution in [3.63, 3.8) is 0 Å².